The van der Waals surface area contributed by atoms with Gasteiger partial charge in [-0.2, -0.15) is 0 Å². The maximum Gasteiger partial charge on any atom is 0.323 e. The van der Waals surface area contributed by atoms with Crippen LogP contribution in [0.5, 0.6) is 0 Å². The van der Waals surface area contributed by atoms with Crippen LogP contribution < -0.4 is 16.0 Å². The van der Waals surface area contributed by atoms with Crippen LogP contribution in [0.25, 0.3) is 0 Å². The first-order chi connectivity index (χ1) is 12.0. The van der Waals surface area contributed by atoms with Crippen molar-refractivity contribution in [3.8, 4) is 0 Å². The van der Waals surface area contributed by atoms with Gasteiger partial charge in [0.05, 0.1) is 6.61 Å². The van der Waals surface area contributed by atoms with Crippen molar-refractivity contribution in [3.63, 3.8) is 0 Å². The molecule has 0 heterocycles. The Labute approximate surface area is 159 Å². The molecule has 2 aromatic rings. The molecular weight excluding hydrogens is 410 g/mol. The third-order valence-corrected chi connectivity index (χ3v) is 3.99. The van der Waals surface area contributed by atoms with E-state index < -0.39 is 6.03 Å². The van der Waals surface area contributed by atoms with Crippen molar-refractivity contribution >= 4 is 50.6 Å². The lowest BCUT2D eigenvalue weighted by Crippen LogP contribution is -2.20. The van der Waals surface area contributed by atoms with Crippen molar-refractivity contribution in [2.24, 2.45) is 0 Å². The second-order valence-corrected chi connectivity index (χ2v) is 6.59. The van der Waals surface area contributed by atoms with E-state index in [1.54, 1.807) is 30.3 Å². The molecule has 0 atom stereocenters. The topological polar surface area (TPSA) is 93.6 Å². The van der Waals surface area contributed by atoms with Crippen molar-refractivity contribution < 1.29 is 15.0 Å². The largest absolute Gasteiger partial charge is 0.396 e. The van der Waals surface area contributed by atoms with Gasteiger partial charge in [0.15, 0.2) is 0 Å². The molecule has 6 nitrogen and oxygen atoms in total. The zero-order chi connectivity index (χ0) is 18.2. The number of hydrogen-bond donors (Lipinski definition) is 5. The van der Waals surface area contributed by atoms with E-state index in [2.05, 4.69) is 31.9 Å². The molecule has 134 valence electrons. The lowest BCUT2D eigenvalue weighted by molar-refractivity contribution is 0.262. The number of halogens is 2. The number of anilines is 3. The van der Waals surface area contributed by atoms with Gasteiger partial charge in [0.2, 0.25) is 0 Å². The molecule has 0 radical (unpaired) electrons. The Morgan fingerprint density at radius 2 is 1.80 bits per heavy atom. The molecule has 0 aliphatic carbocycles. The number of aliphatic hydroxyl groups is 2. The van der Waals surface area contributed by atoms with Crippen LogP contribution in [-0.4, -0.2) is 36.0 Å². The van der Waals surface area contributed by atoms with Gasteiger partial charge < -0.3 is 26.2 Å². The van der Waals surface area contributed by atoms with Crippen LogP contribution >= 0.6 is 27.5 Å². The van der Waals surface area contributed by atoms with Crippen molar-refractivity contribution in [3.05, 3.63) is 51.5 Å². The Hall–Kier alpha value is -1.80. The van der Waals surface area contributed by atoms with Gasteiger partial charge in [-0.05, 0) is 42.3 Å². The first-order valence-corrected chi connectivity index (χ1v) is 8.81. The highest BCUT2D eigenvalue weighted by Crippen LogP contribution is 2.24. The molecule has 0 spiro atoms. The Bertz CT molecular complexity index is 743. The molecule has 5 N–H and O–H groups in total. The summed E-state index contributed by atoms with van der Waals surface area (Å²) in [4.78, 5) is 12.3. The molecule has 2 aromatic carbocycles. The molecule has 0 saturated heterocycles. The fraction of sp³-hybridized carbons (Fsp3) is 0.235. The molecule has 2 amide bonds. The standard InChI is InChI=1S/C17H19BrClN3O3/c18-12-7-14(20-4-6-24)10-15(8-12)21-17(25)22-16-9-13(19)2-1-11(16)3-5-23/h1-2,7-10,20,23-24H,3-6H2,(H2,21,22,25). The Balaban J connectivity index is 2.10. The van der Waals surface area contributed by atoms with Crippen LogP contribution in [0, 0.1) is 0 Å². The third-order valence-electron chi connectivity index (χ3n) is 3.30. The Morgan fingerprint density at radius 3 is 2.52 bits per heavy atom. The summed E-state index contributed by atoms with van der Waals surface area (Å²) in [6.07, 6.45) is 0.416. The average molecular weight is 429 g/mol. The number of rotatable bonds is 7. The third kappa shape index (κ3) is 6.21. The summed E-state index contributed by atoms with van der Waals surface area (Å²) >= 11 is 9.37. The van der Waals surface area contributed by atoms with Crippen molar-refractivity contribution in [1.29, 1.82) is 0 Å². The minimum Gasteiger partial charge on any atom is -0.396 e. The first kappa shape index (κ1) is 19.5. The van der Waals surface area contributed by atoms with E-state index in [9.17, 15) is 4.79 Å². The van der Waals surface area contributed by atoms with Crippen molar-refractivity contribution in [2.75, 3.05) is 35.7 Å². The van der Waals surface area contributed by atoms with E-state index in [-0.39, 0.29) is 13.2 Å². The lowest BCUT2D eigenvalue weighted by atomic mass is 10.1. The minimum atomic E-state index is -0.423. The van der Waals surface area contributed by atoms with Gasteiger partial charge in [-0.15, -0.1) is 0 Å². The fourth-order valence-corrected chi connectivity index (χ4v) is 2.92. The maximum atomic E-state index is 12.3. The number of benzene rings is 2. The van der Waals surface area contributed by atoms with E-state index in [1.165, 1.54) is 0 Å². The van der Waals surface area contributed by atoms with Crippen LogP contribution in [-0.2, 0) is 6.42 Å². The van der Waals surface area contributed by atoms with Gasteiger partial charge in [0, 0.05) is 39.7 Å². The number of urea groups is 1. The summed E-state index contributed by atoms with van der Waals surface area (Å²) in [7, 11) is 0. The zero-order valence-electron chi connectivity index (χ0n) is 13.4. The summed E-state index contributed by atoms with van der Waals surface area (Å²) in [5, 5.41) is 27.0. The van der Waals surface area contributed by atoms with Gasteiger partial charge in [0.1, 0.15) is 0 Å². The highest BCUT2D eigenvalue weighted by molar-refractivity contribution is 9.10. The Kier molecular flexibility index (Phi) is 7.52. The second kappa shape index (κ2) is 9.62. The number of amides is 2. The van der Waals surface area contributed by atoms with Crippen LogP contribution in [0.15, 0.2) is 40.9 Å². The molecule has 0 aliphatic heterocycles. The minimum absolute atomic E-state index is 0.0121. The van der Waals surface area contributed by atoms with E-state index in [0.29, 0.717) is 29.4 Å². The molecule has 0 saturated carbocycles. The van der Waals surface area contributed by atoms with Crippen molar-refractivity contribution in [1.82, 2.24) is 0 Å². The van der Waals surface area contributed by atoms with Gasteiger partial charge in [-0.3, -0.25) is 0 Å². The number of nitrogens with one attached hydrogen (secondary N) is 3. The number of aliphatic hydroxyl groups excluding tert-OH is 2. The van der Waals surface area contributed by atoms with E-state index in [0.717, 1.165) is 15.7 Å². The van der Waals surface area contributed by atoms with Gasteiger partial charge in [0.25, 0.3) is 0 Å². The number of hydrogen-bond acceptors (Lipinski definition) is 4. The smallest absolute Gasteiger partial charge is 0.323 e. The predicted molar refractivity (Wildman–Crippen MR) is 105 cm³/mol. The molecule has 2 rings (SSSR count). The average Bonchev–Trinajstić information content (AvgIpc) is 2.55. The van der Waals surface area contributed by atoms with Crippen LogP contribution in [0.1, 0.15) is 5.56 Å². The first-order valence-electron chi connectivity index (χ1n) is 7.64. The molecule has 0 aliphatic rings. The van der Waals surface area contributed by atoms with Gasteiger partial charge in [-0.25, -0.2) is 4.79 Å². The van der Waals surface area contributed by atoms with E-state index >= 15 is 0 Å². The molecule has 0 aromatic heterocycles. The maximum absolute atomic E-state index is 12.3. The SMILES string of the molecule is O=C(Nc1cc(Br)cc(NCCO)c1)Nc1cc(Cl)ccc1CCO. The van der Waals surface area contributed by atoms with Crippen molar-refractivity contribution in [2.45, 2.75) is 6.42 Å². The number of carbonyl (C=O) groups is 1. The predicted octanol–water partition coefficient (Wildman–Crippen LogP) is 3.69. The molecule has 0 unspecified atom stereocenters. The number of carbonyl (C=O) groups excluding carboxylic acids is 1. The monoisotopic (exact) mass is 427 g/mol. The van der Waals surface area contributed by atoms with Crippen LogP contribution in [0.2, 0.25) is 5.02 Å². The summed E-state index contributed by atoms with van der Waals surface area (Å²) < 4.78 is 0.787. The highest BCUT2D eigenvalue weighted by atomic mass is 79.9. The molecule has 25 heavy (non-hydrogen) atoms. The summed E-state index contributed by atoms with van der Waals surface area (Å²) in [5.41, 5.74) is 2.69. The lowest BCUT2D eigenvalue weighted by Gasteiger charge is -2.13. The summed E-state index contributed by atoms with van der Waals surface area (Å²) in [6.45, 7) is 0.400. The van der Waals surface area contributed by atoms with Gasteiger partial charge in [-0.1, -0.05) is 33.6 Å². The van der Waals surface area contributed by atoms with Crippen LogP contribution in [0.3, 0.4) is 0 Å². The fourth-order valence-electron chi connectivity index (χ4n) is 2.25. The molecular formula is C17H19BrClN3O3. The van der Waals surface area contributed by atoms with E-state index in [1.807, 2.05) is 6.07 Å². The second-order valence-electron chi connectivity index (χ2n) is 5.23. The zero-order valence-corrected chi connectivity index (χ0v) is 15.7. The van der Waals surface area contributed by atoms with E-state index in [4.69, 9.17) is 21.8 Å². The molecule has 0 bridgehead atoms. The summed E-state index contributed by atoms with van der Waals surface area (Å²) in [5.74, 6) is 0. The van der Waals surface area contributed by atoms with Gasteiger partial charge >= 0.3 is 6.03 Å². The highest BCUT2D eigenvalue weighted by Gasteiger charge is 2.09. The summed E-state index contributed by atoms with van der Waals surface area (Å²) in [6, 6.07) is 10.1. The van der Waals surface area contributed by atoms with Crippen LogP contribution in [0.4, 0.5) is 21.9 Å². The Morgan fingerprint density at radius 1 is 1.04 bits per heavy atom. The molecule has 8 heteroatoms. The quantitative estimate of drug-likeness (QED) is 0.465. The molecule has 0 fully saturated rings. The normalized spacial score (nSPS) is 10.4.